The van der Waals surface area contributed by atoms with Gasteiger partial charge in [0.05, 0.1) is 0 Å². The van der Waals surface area contributed by atoms with Gasteiger partial charge in [-0.25, -0.2) is 0 Å². The topological polar surface area (TPSA) is 20.2 Å². The van der Waals surface area contributed by atoms with Gasteiger partial charge in [0.15, 0.2) is 0 Å². The van der Waals surface area contributed by atoms with Crippen molar-refractivity contribution in [2.45, 2.75) is 14.8 Å². The van der Waals surface area contributed by atoms with Gasteiger partial charge in [0, 0.05) is 0 Å². The summed E-state index contributed by atoms with van der Waals surface area (Å²) in [5, 5.41) is 8.63. The number of para-hydroxylation sites is 1. The molecule has 1 aromatic rings. The second-order valence-electron chi connectivity index (χ2n) is 3.07. The van der Waals surface area contributed by atoms with Gasteiger partial charge in [-0.1, -0.05) is 18.2 Å². The van der Waals surface area contributed by atoms with Gasteiger partial charge in [-0.2, -0.15) is 0 Å². The summed E-state index contributed by atoms with van der Waals surface area (Å²) >= 11 is -0.637. The van der Waals surface area contributed by atoms with Crippen molar-refractivity contribution in [3.8, 4) is 5.75 Å². The molecule has 0 spiro atoms. The number of hydrogen-bond donors (Lipinski definition) is 1. The molecule has 0 unspecified atom stereocenters. The van der Waals surface area contributed by atoms with Crippen molar-refractivity contribution in [3.05, 3.63) is 30.3 Å². The first kappa shape index (κ1) is 10.8. The molecule has 0 radical (unpaired) electrons. The van der Waals surface area contributed by atoms with Crippen LogP contribution in [0.4, 0.5) is 0 Å². The van der Waals surface area contributed by atoms with E-state index < -0.39 is 19.8 Å². The fraction of sp³-hybridized carbons (Fsp3) is 0.333. The maximum atomic E-state index is 8.63. The van der Waals surface area contributed by atoms with Gasteiger partial charge in [0.25, 0.3) is 0 Å². The quantitative estimate of drug-likeness (QED) is 0.709. The van der Waals surface area contributed by atoms with Crippen molar-refractivity contribution in [1.29, 1.82) is 0 Å². The normalized spacial score (nSPS) is 8.73. The molecule has 0 saturated heterocycles. The first-order valence-corrected chi connectivity index (χ1v) is 13.8. The third-order valence-corrected chi connectivity index (χ3v) is 0.756. The Balaban J connectivity index is 0.000000218. The first-order valence-electron chi connectivity index (χ1n) is 3.87. The minimum absolute atomic E-state index is 0.322. The van der Waals surface area contributed by atoms with Crippen molar-refractivity contribution in [2.24, 2.45) is 0 Å². The Morgan fingerprint density at radius 3 is 1.55 bits per heavy atom. The van der Waals surface area contributed by atoms with Crippen molar-refractivity contribution in [3.63, 3.8) is 0 Å². The molecule has 0 aromatic heterocycles. The zero-order chi connectivity index (χ0) is 8.69. The minimum atomic E-state index is -0.637. The molecule has 62 valence electrons. The molecule has 1 aromatic carbocycles. The monoisotopic (exact) mass is 260 g/mol. The molecule has 0 bridgehead atoms. The van der Waals surface area contributed by atoms with Gasteiger partial charge in [-0.15, -0.1) is 0 Å². The Morgan fingerprint density at radius 2 is 1.36 bits per heavy atom. The van der Waals surface area contributed by atoms with Crippen molar-refractivity contribution >= 4 is 19.8 Å². The van der Waals surface area contributed by atoms with E-state index in [2.05, 4.69) is 14.8 Å². The van der Waals surface area contributed by atoms with E-state index in [1.54, 1.807) is 24.3 Å². The third kappa shape index (κ3) is 9.82. The molecular weight excluding hydrogens is 243 g/mol. The summed E-state index contributed by atoms with van der Waals surface area (Å²) < 4.78 is 0. The van der Waals surface area contributed by atoms with E-state index in [1.165, 1.54) is 0 Å². The van der Waals surface area contributed by atoms with E-state index in [0.717, 1.165) is 0 Å². The zero-order valence-corrected chi connectivity index (χ0v) is 10.7. The van der Waals surface area contributed by atoms with Crippen molar-refractivity contribution in [2.75, 3.05) is 0 Å². The van der Waals surface area contributed by atoms with Crippen LogP contribution >= 0.6 is 0 Å². The van der Waals surface area contributed by atoms with E-state index in [9.17, 15) is 0 Å². The number of rotatable bonds is 0. The number of aromatic hydroxyl groups is 1. The molecule has 0 aliphatic heterocycles. The summed E-state index contributed by atoms with van der Waals surface area (Å²) in [5.41, 5.74) is 0. The number of phenolic OH excluding ortho intramolecular Hbond substituents is 1. The Labute approximate surface area is 75.8 Å². The number of benzene rings is 1. The Morgan fingerprint density at radius 1 is 1.00 bits per heavy atom. The molecule has 1 N–H and O–H groups in total. The van der Waals surface area contributed by atoms with Crippen LogP contribution < -0.4 is 0 Å². The van der Waals surface area contributed by atoms with E-state index in [0.29, 0.717) is 5.75 Å². The molecule has 0 heterocycles. The molecule has 0 amide bonds. The molecule has 0 atom stereocenters. The van der Waals surface area contributed by atoms with E-state index in [1.807, 2.05) is 6.07 Å². The van der Waals surface area contributed by atoms with E-state index >= 15 is 0 Å². The molecule has 0 aliphatic carbocycles. The molecular formula is C9H16OSn. The molecule has 0 saturated carbocycles. The summed E-state index contributed by atoms with van der Waals surface area (Å²) in [6.45, 7) is 0. The van der Waals surface area contributed by atoms with Crippen LogP contribution in [0.5, 0.6) is 5.75 Å². The number of phenols is 1. The molecule has 1 rings (SSSR count). The van der Waals surface area contributed by atoms with Crippen LogP contribution in [0.3, 0.4) is 0 Å². The maximum absolute atomic E-state index is 8.63. The predicted octanol–water partition coefficient (Wildman–Crippen LogP) is 2.50. The van der Waals surface area contributed by atoms with Crippen LogP contribution in [0.1, 0.15) is 0 Å². The van der Waals surface area contributed by atoms with Crippen molar-refractivity contribution < 1.29 is 5.11 Å². The summed E-state index contributed by atoms with van der Waals surface area (Å²) in [6, 6.07) is 8.71. The van der Waals surface area contributed by atoms with Gasteiger partial charge >= 0.3 is 34.6 Å². The number of hydrogen-bond acceptors (Lipinski definition) is 1. The Hall–Kier alpha value is -0.181. The van der Waals surface area contributed by atoms with Crippen LogP contribution in [0.25, 0.3) is 0 Å². The van der Waals surface area contributed by atoms with E-state index in [-0.39, 0.29) is 0 Å². The average molecular weight is 259 g/mol. The van der Waals surface area contributed by atoms with Gasteiger partial charge in [0.2, 0.25) is 0 Å². The zero-order valence-electron chi connectivity index (χ0n) is 7.41. The van der Waals surface area contributed by atoms with Gasteiger partial charge in [-0.3, -0.25) is 0 Å². The van der Waals surface area contributed by atoms with Gasteiger partial charge < -0.3 is 5.11 Å². The summed E-state index contributed by atoms with van der Waals surface area (Å²) in [7, 11) is 0. The molecule has 0 aliphatic rings. The SMILES string of the molecule is Oc1ccccc1.[CH3][SnH]([CH3])[CH3]. The average Bonchev–Trinajstić information content (AvgIpc) is 1.87. The Bertz CT molecular complexity index is 169. The predicted molar refractivity (Wildman–Crippen MR) is 52.8 cm³/mol. The van der Waals surface area contributed by atoms with Crippen molar-refractivity contribution in [1.82, 2.24) is 0 Å². The van der Waals surface area contributed by atoms with Crippen LogP contribution in [0, 0.1) is 0 Å². The molecule has 1 nitrogen and oxygen atoms in total. The standard InChI is InChI=1S/C6H6O.3CH3.Sn.H/c7-6-4-2-1-3-5-6;;;;;/h1-5,7H;3*1H3;;. The van der Waals surface area contributed by atoms with E-state index in [4.69, 9.17) is 5.11 Å². The second-order valence-corrected chi connectivity index (χ2v) is 13.0. The van der Waals surface area contributed by atoms with Crippen LogP contribution in [-0.4, -0.2) is 24.9 Å². The first-order chi connectivity index (χ1) is 5.13. The second kappa shape index (κ2) is 6.52. The Kier molecular flexibility index (Phi) is 6.42. The fourth-order valence-corrected chi connectivity index (χ4v) is 0.428. The third-order valence-electron chi connectivity index (χ3n) is 0.756. The van der Waals surface area contributed by atoms with Crippen LogP contribution in [-0.2, 0) is 0 Å². The van der Waals surface area contributed by atoms with Crippen LogP contribution in [0.15, 0.2) is 30.3 Å². The van der Waals surface area contributed by atoms with Crippen LogP contribution in [0.2, 0.25) is 14.8 Å². The summed E-state index contributed by atoms with van der Waals surface area (Å²) in [4.78, 5) is 7.13. The van der Waals surface area contributed by atoms with Gasteiger partial charge in [0.1, 0.15) is 5.75 Å². The molecule has 2 heteroatoms. The summed E-state index contributed by atoms with van der Waals surface area (Å²) in [5.74, 6) is 0.322. The van der Waals surface area contributed by atoms with Gasteiger partial charge in [-0.05, 0) is 12.1 Å². The fourth-order valence-electron chi connectivity index (χ4n) is 0.428. The summed E-state index contributed by atoms with van der Waals surface area (Å²) in [6.07, 6.45) is 0. The molecule has 11 heavy (non-hydrogen) atoms. The molecule has 0 fully saturated rings.